The monoisotopic (exact) mass is 390 g/mol. The summed E-state index contributed by atoms with van der Waals surface area (Å²) in [5.41, 5.74) is 2.64. The lowest BCUT2D eigenvalue weighted by Gasteiger charge is -2.33. The Bertz CT molecular complexity index is 854. The molecule has 1 aromatic carbocycles. The Hall–Kier alpha value is -2.32. The minimum atomic E-state index is -0.865. The maximum Gasteiger partial charge on any atom is 0.152 e. The summed E-state index contributed by atoms with van der Waals surface area (Å²) in [4.78, 5) is 1.97. The molecule has 0 bridgehead atoms. The number of ether oxygens (including phenoxy) is 2. The van der Waals surface area contributed by atoms with Crippen LogP contribution in [0.4, 0.5) is 14.6 Å². The fourth-order valence-electron chi connectivity index (χ4n) is 3.97. The molecule has 2 aliphatic heterocycles. The van der Waals surface area contributed by atoms with Crippen LogP contribution in [0.1, 0.15) is 17.5 Å². The maximum atomic E-state index is 14.6. The molecule has 2 aliphatic rings. The van der Waals surface area contributed by atoms with Gasteiger partial charge in [-0.1, -0.05) is 0 Å². The van der Waals surface area contributed by atoms with Crippen LogP contribution in [0, 0.1) is 5.82 Å². The van der Waals surface area contributed by atoms with E-state index in [0.717, 1.165) is 17.7 Å². The van der Waals surface area contributed by atoms with Gasteiger partial charge in [0.15, 0.2) is 5.82 Å². The Balaban J connectivity index is 1.68. The zero-order valence-corrected chi connectivity index (χ0v) is 16.0. The van der Waals surface area contributed by atoms with E-state index in [9.17, 15) is 8.78 Å². The second kappa shape index (κ2) is 7.97. The minimum absolute atomic E-state index is 0.0430. The number of nitrogens with one attached hydrogen (secondary N) is 1. The lowest BCUT2D eigenvalue weighted by atomic mass is 9.97. The zero-order chi connectivity index (χ0) is 19.7. The van der Waals surface area contributed by atoms with E-state index in [4.69, 9.17) is 9.47 Å². The van der Waals surface area contributed by atoms with Gasteiger partial charge in [-0.2, -0.15) is 0 Å². The number of methoxy groups -OCH3 is 1. The number of halogens is 2. The van der Waals surface area contributed by atoms with E-state index in [1.165, 1.54) is 13.2 Å². The molecule has 2 aromatic rings. The first-order valence-corrected chi connectivity index (χ1v) is 9.44. The number of rotatable bonds is 4. The van der Waals surface area contributed by atoms with Crippen molar-refractivity contribution < 1.29 is 18.3 Å². The number of likely N-dealkylation sites (N-methyl/N-ethyl adjacent to an activating group) is 1. The molecule has 0 spiro atoms. The molecule has 4 rings (SSSR count). The summed E-state index contributed by atoms with van der Waals surface area (Å²) in [7, 11) is 3.40. The summed E-state index contributed by atoms with van der Waals surface area (Å²) < 4.78 is 39.2. The molecular weight excluding hydrogens is 366 g/mol. The number of hydrogen-bond acceptors (Lipinski definition) is 6. The number of benzene rings is 1. The van der Waals surface area contributed by atoms with Gasteiger partial charge in [-0.15, -0.1) is 10.2 Å². The van der Waals surface area contributed by atoms with Crippen LogP contribution in [0.15, 0.2) is 18.2 Å². The average molecular weight is 390 g/mol. The van der Waals surface area contributed by atoms with Crippen molar-refractivity contribution in [2.24, 2.45) is 0 Å². The molecule has 1 saturated heterocycles. The van der Waals surface area contributed by atoms with Crippen LogP contribution in [0.5, 0.6) is 5.75 Å². The number of fused-ring (bicyclic) bond motifs is 1. The fraction of sp³-hybridized carbons (Fsp3) is 0.500. The molecule has 0 saturated carbocycles. The third-order valence-corrected chi connectivity index (χ3v) is 5.28. The van der Waals surface area contributed by atoms with E-state index >= 15 is 0 Å². The topological polar surface area (TPSA) is 59.5 Å². The third kappa shape index (κ3) is 3.79. The fourth-order valence-corrected chi connectivity index (χ4v) is 3.97. The van der Waals surface area contributed by atoms with Crippen LogP contribution in [-0.4, -0.2) is 61.2 Å². The molecule has 6 nitrogen and oxygen atoms in total. The van der Waals surface area contributed by atoms with Crippen LogP contribution >= 0.6 is 0 Å². The Kier molecular flexibility index (Phi) is 5.41. The summed E-state index contributed by atoms with van der Waals surface area (Å²) >= 11 is 0. The van der Waals surface area contributed by atoms with E-state index in [1.54, 1.807) is 12.1 Å². The highest BCUT2D eigenvalue weighted by Crippen LogP contribution is 2.34. The number of alkyl halides is 1. The average Bonchev–Trinajstić information content (AvgIpc) is 2.68. The van der Waals surface area contributed by atoms with Crippen LogP contribution in [0.2, 0.25) is 0 Å². The van der Waals surface area contributed by atoms with Crippen molar-refractivity contribution in [3.05, 3.63) is 35.1 Å². The SMILES string of the molecule is COc1ccc(-c2nnc(N[C@@H]3C[C@@H](F)CN(C)C3)c3c2COCC3)c(F)c1. The van der Waals surface area contributed by atoms with Crippen molar-refractivity contribution in [2.45, 2.75) is 31.7 Å². The number of piperidine rings is 1. The molecule has 8 heteroatoms. The summed E-state index contributed by atoms with van der Waals surface area (Å²) in [5.74, 6) is 0.666. The van der Waals surface area contributed by atoms with Crippen LogP contribution in [0.3, 0.4) is 0 Å². The van der Waals surface area contributed by atoms with Crippen molar-refractivity contribution in [1.82, 2.24) is 15.1 Å². The first-order valence-electron chi connectivity index (χ1n) is 9.44. The smallest absolute Gasteiger partial charge is 0.152 e. The molecule has 0 amide bonds. The molecule has 28 heavy (non-hydrogen) atoms. The number of likely N-dealkylation sites (tertiary alicyclic amines) is 1. The quantitative estimate of drug-likeness (QED) is 0.866. The van der Waals surface area contributed by atoms with Crippen molar-refractivity contribution in [1.29, 1.82) is 0 Å². The minimum Gasteiger partial charge on any atom is -0.497 e. The zero-order valence-electron chi connectivity index (χ0n) is 16.0. The number of hydrogen-bond donors (Lipinski definition) is 1. The second-order valence-electron chi connectivity index (χ2n) is 7.40. The Morgan fingerprint density at radius 2 is 2.11 bits per heavy atom. The van der Waals surface area contributed by atoms with Gasteiger partial charge in [0.25, 0.3) is 0 Å². The van der Waals surface area contributed by atoms with Gasteiger partial charge in [0.2, 0.25) is 0 Å². The molecule has 1 N–H and O–H groups in total. The number of nitrogens with zero attached hydrogens (tertiary/aromatic N) is 3. The standard InChI is InChI=1S/C20H24F2N4O2/c1-26-9-12(21)7-13(10-26)23-20-15-5-6-28-11-17(15)19(24-25-20)16-4-3-14(27-2)8-18(16)22/h3-4,8,12-13H,5-7,9-11H2,1-2H3,(H,23,25)/t12-,13-/m1/s1. The van der Waals surface area contributed by atoms with Gasteiger partial charge in [0.1, 0.15) is 23.4 Å². The van der Waals surface area contributed by atoms with Crippen LogP contribution < -0.4 is 10.1 Å². The lowest BCUT2D eigenvalue weighted by molar-refractivity contribution is 0.110. The summed E-state index contributed by atoms with van der Waals surface area (Å²) in [5, 5.41) is 12.0. The summed E-state index contributed by atoms with van der Waals surface area (Å²) in [6.45, 7) is 2.10. The molecule has 0 unspecified atom stereocenters. The van der Waals surface area contributed by atoms with Crippen LogP contribution in [0.25, 0.3) is 11.3 Å². The third-order valence-electron chi connectivity index (χ3n) is 5.28. The highest BCUT2D eigenvalue weighted by Gasteiger charge is 2.28. The second-order valence-corrected chi connectivity index (χ2v) is 7.40. The van der Waals surface area contributed by atoms with Gasteiger partial charge in [-0.25, -0.2) is 8.78 Å². The van der Waals surface area contributed by atoms with Gasteiger partial charge in [-0.3, -0.25) is 0 Å². The molecule has 3 heterocycles. The van der Waals surface area contributed by atoms with Crippen LogP contribution in [-0.2, 0) is 17.8 Å². The van der Waals surface area contributed by atoms with E-state index in [1.807, 2.05) is 11.9 Å². The number of aromatic nitrogens is 2. The predicted octanol–water partition coefficient (Wildman–Crippen LogP) is 2.82. The van der Waals surface area contributed by atoms with Crippen molar-refractivity contribution >= 4 is 5.82 Å². The molecular formula is C20H24F2N4O2. The van der Waals surface area contributed by atoms with E-state index in [-0.39, 0.29) is 6.04 Å². The van der Waals surface area contributed by atoms with Gasteiger partial charge in [0.05, 0.1) is 20.3 Å². The molecule has 0 aliphatic carbocycles. The summed E-state index contributed by atoms with van der Waals surface area (Å²) in [6.07, 6.45) is 0.224. The van der Waals surface area contributed by atoms with Crippen molar-refractivity contribution in [2.75, 3.05) is 39.2 Å². The normalized spacial score (nSPS) is 22.6. The van der Waals surface area contributed by atoms with E-state index in [2.05, 4.69) is 15.5 Å². The number of anilines is 1. The van der Waals surface area contributed by atoms with Crippen molar-refractivity contribution in [3.63, 3.8) is 0 Å². The van der Waals surface area contributed by atoms with Gasteiger partial charge in [0, 0.05) is 48.3 Å². The Labute approximate surface area is 162 Å². The van der Waals surface area contributed by atoms with E-state index < -0.39 is 12.0 Å². The molecule has 0 radical (unpaired) electrons. The molecule has 150 valence electrons. The maximum absolute atomic E-state index is 14.6. The Morgan fingerprint density at radius 3 is 2.86 bits per heavy atom. The molecule has 2 atom stereocenters. The van der Waals surface area contributed by atoms with Gasteiger partial charge < -0.3 is 19.7 Å². The Morgan fingerprint density at radius 1 is 1.25 bits per heavy atom. The summed E-state index contributed by atoms with van der Waals surface area (Å²) in [6, 6.07) is 4.63. The lowest BCUT2D eigenvalue weighted by Crippen LogP contribution is -2.45. The van der Waals surface area contributed by atoms with Crippen molar-refractivity contribution in [3.8, 4) is 17.0 Å². The van der Waals surface area contributed by atoms with E-state index in [0.29, 0.717) is 55.4 Å². The molecule has 1 aromatic heterocycles. The van der Waals surface area contributed by atoms with Gasteiger partial charge >= 0.3 is 0 Å². The first kappa shape index (κ1) is 19.0. The first-order chi connectivity index (χ1) is 13.5. The predicted molar refractivity (Wildman–Crippen MR) is 102 cm³/mol. The largest absolute Gasteiger partial charge is 0.497 e. The molecule has 1 fully saturated rings. The highest BCUT2D eigenvalue weighted by atomic mass is 19.1. The highest BCUT2D eigenvalue weighted by molar-refractivity contribution is 5.68. The van der Waals surface area contributed by atoms with Gasteiger partial charge in [-0.05, 0) is 25.6 Å².